The van der Waals surface area contributed by atoms with Gasteiger partial charge >= 0.3 is 5.97 Å². The van der Waals surface area contributed by atoms with E-state index in [9.17, 15) is 15.0 Å². The van der Waals surface area contributed by atoms with Gasteiger partial charge in [-0.15, -0.1) is 22.9 Å². The number of carbonyl (C=O) groups excluding carboxylic acids is 1. The zero-order valence-corrected chi connectivity index (χ0v) is 18.6. The first-order valence-corrected chi connectivity index (χ1v) is 11.7. The fourth-order valence-electron chi connectivity index (χ4n) is 3.96. The fourth-order valence-corrected chi connectivity index (χ4v) is 5.41. The summed E-state index contributed by atoms with van der Waals surface area (Å²) in [7, 11) is 1.38. The molecule has 29 heavy (non-hydrogen) atoms. The highest BCUT2D eigenvalue weighted by atomic mass is 35.5. The van der Waals surface area contributed by atoms with Crippen LogP contribution >= 0.6 is 22.9 Å². The number of methoxy groups -OCH3 is 1. The van der Waals surface area contributed by atoms with Crippen molar-refractivity contribution in [3.63, 3.8) is 0 Å². The molecule has 0 unspecified atom stereocenters. The summed E-state index contributed by atoms with van der Waals surface area (Å²) < 4.78 is 4.75. The van der Waals surface area contributed by atoms with Crippen molar-refractivity contribution in [3.8, 4) is 0 Å². The lowest BCUT2D eigenvalue weighted by Gasteiger charge is -2.21. The molecule has 0 spiro atoms. The number of aryl methyl sites for hydroxylation is 1. The number of esters is 1. The van der Waals surface area contributed by atoms with Gasteiger partial charge in [0.05, 0.1) is 19.3 Å². The summed E-state index contributed by atoms with van der Waals surface area (Å²) in [6.45, 7) is 0.189. The van der Waals surface area contributed by atoms with Gasteiger partial charge in [0.2, 0.25) is 0 Å². The van der Waals surface area contributed by atoms with Gasteiger partial charge in [-0.05, 0) is 56.6 Å². The Labute approximate surface area is 182 Å². The Morgan fingerprint density at radius 2 is 2.14 bits per heavy atom. The topological polar surface area (TPSA) is 87.0 Å². The molecule has 3 N–H and O–H groups in total. The third kappa shape index (κ3) is 7.68. The van der Waals surface area contributed by atoms with E-state index >= 15 is 0 Å². The van der Waals surface area contributed by atoms with Crippen LogP contribution in [-0.2, 0) is 11.2 Å². The quantitative estimate of drug-likeness (QED) is 0.197. The summed E-state index contributed by atoms with van der Waals surface area (Å²) in [5.41, 5.74) is 0. The maximum atomic E-state index is 11.6. The Hall–Kier alpha value is -0.920. The first-order chi connectivity index (χ1) is 14.0. The molecule has 2 rings (SSSR count). The molecule has 164 valence electrons. The SMILES string of the molecule is COC(=O)c1ccc(CCC[C@@H]2[C@@H](C=C[C@@H](O)CCCCCO)[C@H](O)C[C@H]2Cl)s1. The minimum atomic E-state index is -0.529. The van der Waals surface area contributed by atoms with Crippen molar-refractivity contribution in [2.75, 3.05) is 13.7 Å². The second kappa shape index (κ2) is 12.7. The van der Waals surface area contributed by atoms with Crippen molar-refractivity contribution >= 4 is 28.9 Å². The molecule has 0 aliphatic heterocycles. The van der Waals surface area contributed by atoms with Crippen LogP contribution in [0, 0.1) is 11.8 Å². The van der Waals surface area contributed by atoms with E-state index in [1.165, 1.54) is 18.4 Å². The zero-order chi connectivity index (χ0) is 21.2. The zero-order valence-electron chi connectivity index (χ0n) is 17.0. The number of hydrogen-bond acceptors (Lipinski definition) is 6. The molecule has 0 amide bonds. The minimum absolute atomic E-state index is 0.0430. The Balaban J connectivity index is 1.83. The van der Waals surface area contributed by atoms with Gasteiger partial charge in [-0.1, -0.05) is 25.0 Å². The van der Waals surface area contributed by atoms with E-state index in [-0.39, 0.29) is 29.8 Å². The summed E-state index contributed by atoms with van der Waals surface area (Å²) in [6.07, 6.45) is 9.16. The number of thiophene rings is 1. The molecule has 1 aliphatic rings. The number of alkyl halides is 1. The van der Waals surface area contributed by atoms with Gasteiger partial charge in [0.25, 0.3) is 0 Å². The first-order valence-electron chi connectivity index (χ1n) is 10.4. The lowest BCUT2D eigenvalue weighted by atomic mass is 9.89. The molecular formula is C22H33ClO5S. The fraction of sp³-hybridized carbons (Fsp3) is 0.682. The van der Waals surface area contributed by atoms with E-state index in [1.54, 1.807) is 12.1 Å². The van der Waals surface area contributed by atoms with Crippen LogP contribution in [0.5, 0.6) is 0 Å². The van der Waals surface area contributed by atoms with Crippen LogP contribution in [0.2, 0.25) is 0 Å². The number of hydrogen-bond donors (Lipinski definition) is 3. The minimum Gasteiger partial charge on any atom is -0.465 e. The van der Waals surface area contributed by atoms with E-state index in [0.29, 0.717) is 17.7 Å². The van der Waals surface area contributed by atoms with Gasteiger partial charge in [-0.2, -0.15) is 0 Å². The van der Waals surface area contributed by atoms with E-state index in [1.807, 2.05) is 12.1 Å². The summed E-state index contributed by atoms with van der Waals surface area (Å²) in [5.74, 6) is -0.177. The lowest BCUT2D eigenvalue weighted by Crippen LogP contribution is -2.19. The number of unbranched alkanes of at least 4 members (excludes halogenated alkanes) is 2. The summed E-state index contributed by atoms with van der Waals surface area (Å²) in [4.78, 5) is 13.3. The molecule has 0 radical (unpaired) electrons. The lowest BCUT2D eigenvalue weighted by molar-refractivity contribution is 0.0606. The predicted octanol–water partition coefficient (Wildman–Crippen LogP) is 3.93. The molecule has 1 heterocycles. The number of rotatable bonds is 12. The number of aliphatic hydroxyl groups excluding tert-OH is 3. The Morgan fingerprint density at radius 1 is 1.34 bits per heavy atom. The molecule has 0 saturated heterocycles. The van der Waals surface area contributed by atoms with Gasteiger partial charge in [0, 0.05) is 22.8 Å². The van der Waals surface area contributed by atoms with E-state index in [2.05, 4.69) is 0 Å². The number of halogens is 1. The average Bonchev–Trinajstić information content (AvgIpc) is 3.28. The standard InChI is InChI=1S/C22H33ClO5S/c1-28-22(27)21-12-10-16(29-21)7-5-8-17-18(20(26)14-19(17)23)11-9-15(25)6-3-2-4-13-24/h9-12,15,17-20,24-26H,2-8,13-14H2,1H3/t15-,17+,18+,19+,20+/m0/s1. The molecule has 5 atom stereocenters. The monoisotopic (exact) mass is 444 g/mol. The Kier molecular flexibility index (Phi) is 10.7. The number of ether oxygens (including phenoxy) is 1. The van der Waals surface area contributed by atoms with Gasteiger partial charge in [-0.25, -0.2) is 4.79 Å². The molecule has 1 aliphatic carbocycles. The second-order valence-electron chi connectivity index (χ2n) is 7.74. The van der Waals surface area contributed by atoms with Crippen LogP contribution < -0.4 is 0 Å². The summed E-state index contributed by atoms with van der Waals surface area (Å²) in [6, 6.07) is 3.76. The van der Waals surface area contributed by atoms with Gasteiger partial charge in [0.15, 0.2) is 0 Å². The van der Waals surface area contributed by atoms with Crippen LogP contribution in [0.1, 0.15) is 59.5 Å². The van der Waals surface area contributed by atoms with Crippen molar-refractivity contribution in [3.05, 3.63) is 34.0 Å². The highest BCUT2D eigenvalue weighted by Crippen LogP contribution is 2.40. The van der Waals surface area contributed by atoms with Crippen molar-refractivity contribution < 1.29 is 24.9 Å². The normalized spacial score (nSPS) is 25.6. The first kappa shape index (κ1) is 24.4. The van der Waals surface area contributed by atoms with Crippen molar-refractivity contribution in [1.82, 2.24) is 0 Å². The molecule has 1 aromatic heterocycles. The third-order valence-electron chi connectivity index (χ3n) is 5.59. The molecule has 0 bridgehead atoms. The molecule has 1 aromatic rings. The van der Waals surface area contributed by atoms with Gasteiger partial charge < -0.3 is 20.1 Å². The third-order valence-corrected chi connectivity index (χ3v) is 7.22. The predicted molar refractivity (Wildman–Crippen MR) is 117 cm³/mol. The van der Waals surface area contributed by atoms with Crippen LogP contribution in [0.15, 0.2) is 24.3 Å². The molecule has 1 fully saturated rings. The summed E-state index contributed by atoms with van der Waals surface area (Å²) >= 11 is 7.96. The van der Waals surface area contributed by atoms with E-state index < -0.39 is 12.2 Å². The van der Waals surface area contributed by atoms with Crippen molar-refractivity contribution in [2.45, 2.75) is 69.0 Å². The van der Waals surface area contributed by atoms with Crippen LogP contribution in [0.4, 0.5) is 0 Å². The molecule has 7 heteroatoms. The average molecular weight is 445 g/mol. The highest BCUT2D eigenvalue weighted by Gasteiger charge is 2.39. The number of carbonyl (C=O) groups is 1. The maximum Gasteiger partial charge on any atom is 0.348 e. The number of aliphatic hydroxyl groups is 3. The van der Waals surface area contributed by atoms with Gasteiger partial charge in [0.1, 0.15) is 4.88 Å². The molecule has 5 nitrogen and oxygen atoms in total. The van der Waals surface area contributed by atoms with Crippen LogP contribution in [-0.4, -0.2) is 52.6 Å². The smallest absolute Gasteiger partial charge is 0.348 e. The van der Waals surface area contributed by atoms with Crippen LogP contribution in [0.3, 0.4) is 0 Å². The Bertz CT molecular complexity index is 647. The maximum absolute atomic E-state index is 11.6. The summed E-state index contributed by atoms with van der Waals surface area (Å²) in [5, 5.41) is 29.3. The molecule has 0 aromatic carbocycles. The van der Waals surface area contributed by atoms with Crippen molar-refractivity contribution in [1.29, 1.82) is 0 Å². The molecule has 1 saturated carbocycles. The van der Waals surface area contributed by atoms with E-state index in [4.69, 9.17) is 21.4 Å². The second-order valence-corrected chi connectivity index (χ2v) is 9.46. The van der Waals surface area contributed by atoms with E-state index in [0.717, 1.165) is 43.4 Å². The molecular weight excluding hydrogens is 412 g/mol. The van der Waals surface area contributed by atoms with Crippen molar-refractivity contribution in [2.24, 2.45) is 11.8 Å². The van der Waals surface area contributed by atoms with Gasteiger partial charge in [-0.3, -0.25) is 0 Å². The van der Waals surface area contributed by atoms with Crippen LogP contribution in [0.25, 0.3) is 0 Å². The largest absolute Gasteiger partial charge is 0.465 e. The Morgan fingerprint density at radius 3 is 2.86 bits per heavy atom. The highest BCUT2D eigenvalue weighted by molar-refractivity contribution is 7.13.